The molecule has 0 radical (unpaired) electrons. The first kappa shape index (κ1) is 24.4. The van der Waals surface area contributed by atoms with Crippen LogP contribution < -0.4 is 10.6 Å². The number of carbonyl (C=O) groups is 2. The number of nitrogens with one attached hydrogen (secondary N) is 2. The minimum Gasteiger partial charge on any atom is -0.444 e. The van der Waals surface area contributed by atoms with Crippen molar-refractivity contribution in [3.8, 4) is 0 Å². The van der Waals surface area contributed by atoms with E-state index in [9.17, 15) is 18.4 Å². The number of carbonyl (C=O) groups excluding carboxylic acids is 2. The molecule has 2 rings (SSSR count). The zero-order valence-corrected chi connectivity index (χ0v) is 17.9. The molecule has 0 aromatic rings. The van der Waals surface area contributed by atoms with E-state index in [1.54, 1.807) is 41.5 Å². The number of hydrogen-bond donors (Lipinski definition) is 2. The van der Waals surface area contributed by atoms with E-state index in [1.807, 2.05) is 0 Å². The molecular weight excluding hydrogens is 370 g/mol. The van der Waals surface area contributed by atoms with Gasteiger partial charge in [-0.1, -0.05) is 0 Å². The molecule has 2 saturated carbocycles. The second-order valence-corrected chi connectivity index (χ2v) is 9.51. The van der Waals surface area contributed by atoms with Gasteiger partial charge < -0.3 is 20.1 Å². The Hall–Kier alpha value is -1.60. The highest BCUT2D eigenvalue weighted by atomic mass is 19.1. The highest BCUT2D eigenvalue weighted by Crippen LogP contribution is 2.23. The fourth-order valence-electron chi connectivity index (χ4n) is 3.06. The Balaban J connectivity index is 0.000000280. The first-order chi connectivity index (χ1) is 12.7. The summed E-state index contributed by atoms with van der Waals surface area (Å²) in [4.78, 5) is 22.5. The molecule has 2 fully saturated rings. The Kier molecular flexibility index (Phi) is 8.95. The SMILES string of the molecule is CC(C)(C)OC(=O)N[C@@H]1CC[C@H](F)C1.CC(C)(C)OC(=O)N[C@H]1CC[C@@H](F)C1. The summed E-state index contributed by atoms with van der Waals surface area (Å²) < 4.78 is 35.7. The molecule has 2 aliphatic carbocycles. The van der Waals surface area contributed by atoms with Crippen molar-refractivity contribution in [3.05, 3.63) is 0 Å². The van der Waals surface area contributed by atoms with Crippen molar-refractivity contribution in [3.63, 3.8) is 0 Å². The number of rotatable bonds is 2. The minimum absolute atomic E-state index is 0.0557. The molecule has 0 heterocycles. The van der Waals surface area contributed by atoms with Crippen LogP contribution in [0.3, 0.4) is 0 Å². The zero-order valence-electron chi connectivity index (χ0n) is 17.9. The summed E-state index contributed by atoms with van der Waals surface area (Å²) in [5.41, 5.74) is -0.977. The fraction of sp³-hybridized carbons (Fsp3) is 0.900. The van der Waals surface area contributed by atoms with Crippen molar-refractivity contribution >= 4 is 12.2 Å². The van der Waals surface area contributed by atoms with Crippen molar-refractivity contribution < 1.29 is 27.8 Å². The van der Waals surface area contributed by atoms with E-state index in [-0.39, 0.29) is 12.1 Å². The van der Waals surface area contributed by atoms with E-state index in [2.05, 4.69) is 10.6 Å². The van der Waals surface area contributed by atoms with Crippen LogP contribution in [0.25, 0.3) is 0 Å². The first-order valence-electron chi connectivity index (χ1n) is 10.0. The molecule has 0 unspecified atom stereocenters. The normalized spacial score (nSPS) is 27.4. The third kappa shape index (κ3) is 11.3. The topological polar surface area (TPSA) is 76.7 Å². The number of halogens is 2. The molecule has 2 amide bonds. The van der Waals surface area contributed by atoms with Gasteiger partial charge in [-0.05, 0) is 80.1 Å². The number of amides is 2. The van der Waals surface area contributed by atoms with Crippen LogP contribution in [0.5, 0.6) is 0 Å². The van der Waals surface area contributed by atoms with Crippen LogP contribution in [0.1, 0.15) is 80.1 Å². The molecule has 2 aliphatic rings. The van der Waals surface area contributed by atoms with Crippen LogP contribution in [-0.4, -0.2) is 47.8 Å². The lowest BCUT2D eigenvalue weighted by atomic mass is 10.2. The number of ether oxygens (including phenoxy) is 2. The first-order valence-corrected chi connectivity index (χ1v) is 10.0. The van der Waals surface area contributed by atoms with Crippen molar-refractivity contribution in [1.29, 1.82) is 0 Å². The van der Waals surface area contributed by atoms with Gasteiger partial charge in [-0.2, -0.15) is 0 Å². The van der Waals surface area contributed by atoms with Crippen LogP contribution in [0.4, 0.5) is 18.4 Å². The Morgan fingerprint density at radius 2 is 1.04 bits per heavy atom. The fourth-order valence-corrected chi connectivity index (χ4v) is 3.06. The van der Waals surface area contributed by atoms with Crippen LogP contribution in [0, 0.1) is 0 Å². The average Bonchev–Trinajstić information content (AvgIpc) is 3.04. The summed E-state index contributed by atoms with van der Waals surface area (Å²) in [7, 11) is 0. The van der Waals surface area contributed by atoms with Gasteiger partial charge in [-0.3, -0.25) is 0 Å². The number of hydrogen-bond acceptors (Lipinski definition) is 4. The molecule has 4 atom stereocenters. The second-order valence-electron chi connectivity index (χ2n) is 9.51. The average molecular weight is 407 g/mol. The third-order valence-electron chi connectivity index (χ3n) is 4.18. The van der Waals surface area contributed by atoms with E-state index in [0.717, 1.165) is 0 Å². The highest BCUT2D eigenvalue weighted by molar-refractivity contribution is 5.68. The lowest BCUT2D eigenvalue weighted by Crippen LogP contribution is -2.38. The molecule has 8 heteroatoms. The summed E-state index contributed by atoms with van der Waals surface area (Å²) in [6.45, 7) is 10.8. The van der Waals surface area contributed by atoms with Gasteiger partial charge in [0.25, 0.3) is 0 Å². The van der Waals surface area contributed by atoms with E-state index < -0.39 is 35.7 Å². The van der Waals surface area contributed by atoms with Crippen LogP contribution >= 0.6 is 0 Å². The van der Waals surface area contributed by atoms with Gasteiger partial charge >= 0.3 is 12.2 Å². The molecule has 0 saturated heterocycles. The molecular formula is C20H36F2N2O4. The molecule has 0 bridgehead atoms. The van der Waals surface area contributed by atoms with E-state index in [4.69, 9.17) is 9.47 Å². The maximum absolute atomic E-state index is 12.8. The molecule has 0 aromatic carbocycles. The monoisotopic (exact) mass is 406 g/mol. The lowest BCUT2D eigenvalue weighted by Gasteiger charge is -2.21. The minimum atomic E-state index is -0.769. The van der Waals surface area contributed by atoms with Gasteiger partial charge in [0.05, 0.1) is 0 Å². The van der Waals surface area contributed by atoms with Gasteiger partial charge in [0.2, 0.25) is 0 Å². The summed E-state index contributed by atoms with van der Waals surface area (Å²) in [6, 6.07) is -0.111. The Bertz CT molecular complexity index is 471. The standard InChI is InChI=1S/2C10H18FNO2/c2*1-10(2,3)14-9(13)12-8-5-4-7(11)6-8/h2*7-8H,4-6H2,1-3H3,(H,12,13)/t2*7-,8+/m10/s1. The predicted octanol–water partition coefficient (Wildman–Crippen LogP) is 4.80. The van der Waals surface area contributed by atoms with Gasteiger partial charge in [-0.15, -0.1) is 0 Å². The third-order valence-corrected chi connectivity index (χ3v) is 4.18. The van der Waals surface area contributed by atoms with Crippen LogP contribution in [0.2, 0.25) is 0 Å². The largest absolute Gasteiger partial charge is 0.444 e. The van der Waals surface area contributed by atoms with E-state index >= 15 is 0 Å². The maximum Gasteiger partial charge on any atom is 0.407 e. The quantitative estimate of drug-likeness (QED) is 0.690. The smallest absolute Gasteiger partial charge is 0.407 e. The molecule has 0 aliphatic heterocycles. The van der Waals surface area contributed by atoms with Gasteiger partial charge in [-0.25, -0.2) is 18.4 Å². The molecule has 164 valence electrons. The molecule has 6 nitrogen and oxygen atoms in total. The molecule has 0 aromatic heterocycles. The summed E-state index contributed by atoms with van der Waals surface area (Å²) in [6.07, 6.45) is 0.901. The Morgan fingerprint density at radius 1 is 0.714 bits per heavy atom. The summed E-state index contributed by atoms with van der Waals surface area (Å²) in [5.74, 6) is 0. The Labute approximate surface area is 167 Å². The van der Waals surface area contributed by atoms with Crippen LogP contribution in [0.15, 0.2) is 0 Å². The van der Waals surface area contributed by atoms with Crippen LogP contribution in [-0.2, 0) is 9.47 Å². The van der Waals surface area contributed by atoms with Crippen molar-refractivity contribution in [1.82, 2.24) is 10.6 Å². The van der Waals surface area contributed by atoms with E-state index in [0.29, 0.717) is 38.5 Å². The number of alkyl carbamates (subject to hydrolysis) is 2. The Morgan fingerprint density at radius 3 is 1.25 bits per heavy atom. The lowest BCUT2D eigenvalue weighted by molar-refractivity contribution is 0.0492. The van der Waals surface area contributed by atoms with Crippen molar-refractivity contribution in [2.75, 3.05) is 0 Å². The van der Waals surface area contributed by atoms with Gasteiger partial charge in [0, 0.05) is 12.1 Å². The highest BCUT2D eigenvalue weighted by Gasteiger charge is 2.28. The zero-order chi connectivity index (χ0) is 21.5. The second kappa shape index (κ2) is 10.3. The van der Waals surface area contributed by atoms with E-state index in [1.165, 1.54) is 0 Å². The molecule has 0 spiro atoms. The maximum atomic E-state index is 12.8. The summed E-state index contributed by atoms with van der Waals surface area (Å²) in [5, 5.41) is 5.33. The predicted molar refractivity (Wildman–Crippen MR) is 104 cm³/mol. The van der Waals surface area contributed by atoms with Crippen molar-refractivity contribution in [2.45, 2.75) is 116 Å². The molecule has 28 heavy (non-hydrogen) atoms. The molecule has 2 N–H and O–H groups in total. The van der Waals surface area contributed by atoms with Gasteiger partial charge in [0.15, 0.2) is 0 Å². The van der Waals surface area contributed by atoms with Gasteiger partial charge in [0.1, 0.15) is 23.5 Å². The van der Waals surface area contributed by atoms with Crippen molar-refractivity contribution in [2.24, 2.45) is 0 Å². The summed E-state index contributed by atoms with van der Waals surface area (Å²) >= 11 is 0. The number of alkyl halides is 2.